The van der Waals surface area contributed by atoms with E-state index in [0.717, 1.165) is 23.3 Å². The first-order valence-electron chi connectivity index (χ1n) is 10.1. The molecular formula is C22H23ClN4O4S. The van der Waals surface area contributed by atoms with Gasteiger partial charge in [0.15, 0.2) is 22.5 Å². The highest BCUT2D eigenvalue weighted by atomic mass is 35.5. The van der Waals surface area contributed by atoms with Gasteiger partial charge in [-0.2, -0.15) is 0 Å². The maximum atomic E-state index is 12.4. The van der Waals surface area contributed by atoms with Gasteiger partial charge in [0, 0.05) is 32.4 Å². The van der Waals surface area contributed by atoms with Gasteiger partial charge in [-0.1, -0.05) is 41.6 Å². The highest BCUT2D eigenvalue weighted by molar-refractivity contribution is 7.99. The van der Waals surface area contributed by atoms with E-state index < -0.39 is 0 Å². The highest BCUT2D eigenvalue weighted by Gasteiger charge is 2.18. The quantitative estimate of drug-likeness (QED) is 0.353. The molecular weight excluding hydrogens is 452 g/mol. The van der Waals surface area contributed by atoms with E-state index in [0.29, 0.717) is 41.4 Å². The summed E-state index contributed by atoms with van der Waals surface area (Å²) in [5, 5.41) is 12.8. The van der Waals surface area contributed by atoms with Crippen molar-refractivity contribution in [3.63, 3.8) is 0 Å². The summed E-state index contributed by atoms with van der Waals surface area (Å²) >= 11 is 7.71. The lowest BCUT2D eigenvalue weighted by atomic mass is 10.2. The van der Waals surface area contributed by atoms with Crippen LogP contribution in [0.4, 0.5) is 0 Å². The molecule has 0 saturated carbocycles. The molecule has 2 heterocycles. The van der Waals surface area contributed by atoms with Crippen LogP contribution in [-0.2, 0) is 22.6 Å². The van der Waals surface area contributed by atoms with Crippen molar-refractivity contribution in [1.29, 1.82) is 0 Å². The number of amides is 1. The van der Waals surface area contributed by atoms with Crippen molar-refractivity contribution < 1.29 is 19.0 Å². The normalized spacial score (nSPS) is 12.2. The Morgan fingerprint density at radius 3 is 2.91 bits per heavy atom. The van der Waals surface area contributed by atoms with Crippen LogP contribution in [-0.4, -0.2) is 46.9 Å². The number of halogens is 1. The molecule has 1 aromatic heterocycles. The Morgan fingerprint density at radius 1 is 1.22 bits per heavy atom. The van der Waals surface area contributed by atoms with Crippen LogP contribution in [0.2, 0.25) is 5.02 Å². The third-order valence-corrected chi connectivity index (χ3v) is 6.12. The number of nitrogens with one attached hydrogen (secondary N) is 1. The zero-order valence-corrected chi connectivity index (χ0v) is 19.1. The van der Waals surface area contributed by atoms with E-state index >= 15 is 0 Å². The lowest BCUT2D eigenvalue weighted by Gasteiger charge is -2.11. The Morgan fingerprint density at radius 2 is 2.06 bits per heavy atom. The molecule has 0 unspecified atom stereocenters. The molecule has 4 rings (SSSR count). The van der Waals surface area contributed by atoms with Crippen LogP contribution in [0.5, 0.6) is 11.5 Å². The van der Waals surface area contributed by atoms with Gasteiger partial charge in [0.2, 0.25) is 12.7 Å². The number of fused-ring (bicyclic) bond motifs is 1. The minimum atomic E-state index is -0.0987. The van der Waals surface area contributed by atoms with E-state index in [2.05, 4.69) is 15.5 Å². The molecule has 1 amide bonds. The van der Waals surface area contributed by atoms with Crippen molar-refractivity contribution >= 4 is 29.3 Å². The minimum Gasteiger partial charge on any atom is -0.454 e. The zero-order chi connectivity index (χ0) is 22.3. The maximum Gasteiger partial charge on any atom is 0.231 e. The number of nitrogens with zero attached hydrogens (tertiary/aromatic N) is 3. The molecule has 0 radical (unpaired) electrons. The maximum absolute atomic E-state index is 12.4. The van der Waals surface area contributed by atoms with Crippen LogP contribution in [0, 0.1) is 0 Å². The molecule has 10 heteroatoms. The summed E-state index contributed by atoms with van der Waals surface area (Å²) in [5.41, 5.74) is 1.74. The number of rotatable bonds is 10. The lowest BCUT2D eigenvalue weighted by molar-refractivity contribution is -0.118. The van der Waals surface area contributed by atoms with Crippen LogP contribution in [0.1, 0.15) is 12.0 Å². The van der Waals surface area contributed by atoms with E-state index in [1.54, 1.807) is 7.11 Å². The van der Waals surface area contributed by atoms with Gasteiger partial charge in [-0.15, -0.1) is 10.2 Å². The molecule has 1 aliphatic rings. The van der Waals surface area contributed by atoms with Crippen molar-refractivity contribution in [3.05, 3.63) is 53.1 Å². The monoisotopic (exact) mass is 474 g/mol. The van der Waals surface area contributed by atoms with E-state index in [9.17, 15) is 4.79 Å². The Balaban J connectivity index is 1.39. The number of hydrogen-bond donors (Lipinski definition) is 1. The summed E-state index contributed by atoms with van der Waals surface area (Å²) in [6.07, 6.45) is 0.788. The Kier molecular flexibility index (Phi) is 7.51. The second-order valence-corrected chi connectivity index (χ2v) is 8.39. The summed E-state index contributed by atoms with van der Waals surface area (Å²) in [7, 11) is 1.67. The fourth-order valence-electron chi connectivity index (χ4n) is 3.24. The molecule has 8 nitrogen and oxygen atoms in total. The van der Waals surface area contributed by atoms with Crippen LogP contribution in [0.3, 0.4) is 0 Å². The first-order chi connectivity index (χ1) is 15.7. The molecule has 168 valence electrons. The first-order valence-corrected chi connectivity index (χ1v) is 11.5. The van der Waals surface area contributed by atoms with Gasteiger partial charge >= 0.3 is 0 Å². The minimum absolute atomic E-state index is 0.0987. The zero-order valence-electron chi connectivity index (χ0n) is 17.5. The predicted octanol–water partition coefficient (Wildman–Crippen LogP) is 3.77. The second-order valence-electron chi connectivity index (χ2n) is 7.04. The first kappa shape index (κ1) is 22.4. The largest absolute Gasteiger partial charge is 0.454 e. The summed E-state index contributed by atoms with van der Waals surface area (Å²) in [4.78, 5) is 12.4. The summed E-state index contributed by atoms with van der Waals surface area (Å²) < 4.78 is 17.9. The van der Waals surface area contributed by atoms with Crippen molar-refractivity contribution in [1.82, 2.24) is 20.1 Å². The standard InChI is InChI=1S/C22H23ClN4O4S/c1-29-10-4-9-27-21(16-5-2-3-6-17(16)23)25-26-22(27)32-13-20(28)24-12-15-7-8-18-19(11-15)31-14-30-18/h2-3,5-8,11H,4,9-10,12-14H2,1H3,(H,24,28). The van der Waals surface area contributed by atoms with Gasteiger partial charge < -0.3 is 24.1 Å². The molecule has 0 saturated heterocycles. The van der Waals surface area contributed by atoms with Crippen molar-refractivity contribution in [2.75, 3.05) is 26.3 Å². The average Bonchev–Trinajstić information content (AvgIpc) is 3.43. The van der Waals surface area contributed by atoms with Gasteiger partial charge in [-0.3, -0.25) is 4.79 Å². The molecule has 0 aliphatic carbocycles. The number of methoxy groups -OCH3 is 1. The summed E-state index contributed by atoms with van der Waals surface area (Å²) in [6, 6.07) is 13.1. The highest BCUT2D eigenvalue weighted by Crippen LogP contribution is 2.32. The Labute approximate surface area is 195 Å². The van der Waals surface area contributed by atoms with Gasteiger partial charge in [0.1, 0.15) is 0 Å². The van der Waals surface area contributed by atoms with E-state index in [1.807, 2.05) is 47.0 Å². The van der Waals surface area contributed by atoms with E-state index in [4.69, 9.17) is 25.8 Å². The molecule has 0 fully saturated rings. The van der Waals surface area contributed by atoms with Crippen molar-refractivity contribution in [2.24, 2.45) is 0 Å². The fourth-order valence-corrected chi connectivity index (χ4v) is 4.25. The van der Waals surface area contributed by atoms with Crippen LogP contribution < -0.4 is 14.8 Å². The van der Waals surface area contributed by atoms with Gasteiger partial charge in [-0.25, -0.2) is 0 Å². The molecule has 0 atom stereocenters. The average molecular weight is 475 g/mol. The fraction of sp³-hybridized carbons (Fsp3) is 0.318. The molecule has 0 spiro atoms. The Bertz CT molecular complexity index is 1090. The van der Waals surface area contributed by atoms with Crippen LogP contribution >= 0.6 is 23.4 Å². The molecule has 2 aromatic carbocycles. The second kappa shape index (κ2) is 10.7. The number of thioether (sulfide) groups is 1. The molecule has 32 heavy (non-hydrogen) atoms. The smallest absolute Gasteiger partial charge is 0.231 e. The molecule has 3 aromatic rings. The topological polar surface area (TPSA) is 87.5 Å². The number of carbonyl (C=O) groups is 1. The number of carbonyl (C=O) groups excluding carboxylic acids is 1. The predicted molar refractivity (Wildman–Crippen MR) is 122 cm³/mol. The lowest BCUT2D eigenvalue weighted by Crippen LogP contribution is -2.24. The SMILES string of the molecule is COCCCn1c(SCC(=O)NCc2ccc3c(c2)OCO3)nnc1-c1ccccc1Cl. The van der Waals surface area contributed by atoms with E-state index in [-0.39, 0.29) is 18.5 Å². The Hall–Kier alpha value is -2.75. The van der Waals surface area contributed by atoms with Gasteiger partial charge in [0.25, 0.3) is 0 Å². The molecule has 1 N–H and O–H groups in total. The van der Waals surface area contributed by atoms with Gasteiger partial charge in [-0.05, 0) is 36.2 Å². The number of ether oxygens (including phenoxy) is 3. The third kappa shape index (κ3) is 5.35. The summed E-state index contributed by atoms with van der Waals surface area (Å²) in [5.74, 6) is 2.21. The van der Waals surface area contributed by atoms with Crippen LogP contribution in [0.25, 0.3) is 11.4 Å². The molecule has 1 aliphatic heterocycles. The van der Waals surface area contributed by atoms with Crippen molar-refractivity contribution in [2.45, 2.75) is 24.7 Å². The number of hydrogen-bond acceptors (Lipinski definition) is 7. The van der Waals surface area contributed by atoms with Crippen LogP contribution in [0.15, 0.2) is 47.6 Å². The van der Waals surface area contributed by atoms with Crippen molar-refractivity contribution in [3.8, 4) is 22.9 Å². The molecule has 0 bridgehead atoms. The van der Waals surface area contributed by atoms with Gasteiger partial charge in [0.05, 0.1) is 10.8 Å². The van der Waals surface area contributed by atoms with E-state index in [1.165, 1.54) is 11.8 Å². The summed E-state index contributed by atoms with van der Waals surface area (Å²) in [6.45, 7) is 1.90. The number of benzene rings is 2. The third-order valence-electron chi connectivity index (χ3n) is 4.82. The number of aromatic nitrogens is 3.